The lowest BCUT2D eigenvalue weighted by atomic mass is 9.99. The van der Waals surface area contributed by atoms with E-state index in [1.54, 1.807) is 24.3 Å². The van der Waals surface area contributed by atoms with E-state index >= 15 is 0 Å². The fraction of sp³-hybridized carbons (Fsp3) is 0.417. The number of aliphatic hydroxyl groups is 2. The van der Waals surface area contributed by atoms with Gasteiger partial charge in [0.25, 0.3) is 0 Å². The second-order valence-corrected chi connectivity index (χ2v) is 3.77. The van der Waals surface area contributed by atoms with Crippen LogP contribution in [0.5, 0.6) is 0 Å². The lowest BCUT2D eigenvalue weighted by Crippen LogP contribution is -2.21. The molecule has 0 aliphatic rings. The van der Waals surface area contributed by atoms with Crippen LogP contribution in [0.4, 0.5) is 0 Å². The van der Waals surface area contributed by atoms with Gasteiger partial charge in [0, 0.05) is 5.56 Å². The number of nitrogens with two attached hydrogens (primary N) is 1. The number of ketones is 1. The highest BCUT2D eigenvalue weighted by atomic mass is 16.3. The second-order valence-electron chi connectivity index (χ2n) is 3.77. The highest BCUT2D eigenvalue weighted by molar-refractivity contribution is 5.94. The normalized spacial score (nSPS) is 14.5. The predicted octanol–water partition coefficient (Wildman–Crippen LogP) is 0.632. The van der Waals surface area contributed by atoms with Crippen molar-refractivity contribution in [3.8, 4) is 0 Å². The smallest absolute Gasteiger partial charge is 0.159 e. The minimum Gasteiger partial charge on any atom is -0.390 e. The van der Waals surface area contributed by atoms with Crippen LogP contribution in [-0.4, -0.2) is 28.6 Å². The quantitative estimate of drug-likeness (QED) is 0.639. The third kappa shape index (κ3) is 3.13. The number of Topliss-reactive ketones (excluding diaryl/α,β-unsaturated/α-hetero) is 1. The van der Waals surface area contributed by atoms with E-state index < -0.39 is 12.2 Å². The van der Waals surface area contributed by atoms with E-state index in [1.165, 1.54) is 6.92 Å². The van der Waals surface area contributed by atoms with Crippen molar-refractivity contribution in [3.63, 3.8) is 0 Å². The zero-order chi connectivity index (χ0) is 12.1. The molecule has 4 N–H and O–H groups in total. The summed E-state index contributed by atoms with van der Waals surface area (Å²) in [5.41, 5.74) is 6.36. The Hall–Kier alpha value is -1.23. The second kappa shape index (κ2) is 5.75. The minimum atomic E-state index is -0.997. The summed E-state index contributed by atoms with van der Waals surface area (Å²) in [6.45, 7) is 1.77. The zero-order valence-corrected chi connectivity index (χ0v) is 9.26. The van der Waals surface area contributed by atoms with Gasteiger partial charge in [0.1, 0.15) is 6.10 Å². The summed E-state index contributed by atoms with van der Waals surface area (Å²) in [4.78, 5) is 11.2. The molecule has 1 aromatic rings. The molecular formula is C12H17NO3. The molecule has 0 heterocycles. The Bertz CT molecular complexity index is 365. The largest absolute Gasteiger partial charge is 0.390 e. The number of carbonyl (C=O) groups is 1. The van der Waals surface area contributed by atoms with E-state index in [4.69, 9.17) is 5.73 Å². The first kappa shape index (κ1) is 12.8. The van der Waals surface area contributed by atoms with Crippen LogP contribution in [0.3, 0.4) is 0 Å². The molecule has 2 atom stereocenters. The summed E-state index contributed by atoms with van der Waals surface area (Å²) in [5.74, 6) is -0.0673. The van der Waals surface area contributed by atoms with E-state index in [-0.39, 0.29) is 5.78 Å². The van der Waals surface area contributed by atoms with Crippen LogP contribution in [0.1, 0.15) is 35.4 Å². The molecule has 0 saturated carbocycles. The highest BCUT2D eigenvalue weighted by Gasteiger charge is 2.17. The van der Waals surface area contributed by atoms with E-state index in [0.717, 1.165) is 0 Å². The fourth-order valence-electron chi connectivity index (χ4n) is 1.49. The molecule has 1 aromatic carbocycles. The number of hydrogen-bond acceptors (Lipinski definition) is 4. The molecule has 4 heteroatoms. The van der Waals surface area contributed by atoms with E-state index in [0.29, 0.717) is 24.1 Å². The summed E-state index contributed by atoms with van der Waals surface area (Å²) >= 11 is 0. The minimum absolute atomic E-state index is 0.0673. The molecule has 0 amide bonds. The average Bonchev–Trinajstić information content (AvgIpc) is 2.28. The number of hydrogen-bond donors (Lipinski definition) is 3. The Kier molecular flexibility index (Phi) is 4.61. The molecule has 88 valence electrons. The van der Waals surface area contributed by atoms with Crippen molar-refractivity contribution < 1.29 is 15.0 Å². The number of aliphatic hydroxyl groups excluding tert-OH is 2. The van der Waals surface area contributed by atoms with Gasteiger partial charge in [0.15, 0.2) is 5.78 Å². The van der Waals surface area contributed by atoms with Gasteiger partial charge < -0.3 is 15.9 Å². The Morgan fingerprint density at radius 1 is 1.44 bits per heavy atom. The SMILES string of the molecule is CC(=O)c1cccc(C(O)C(O)CCN)c1. The maximum absolute atomic E-state index is 11.2. The molecule has 0 aliphatic heterocycles. The topological polar surface area (TPSA) is 83.5 Å². The first-order valence-electron chi connectivity index (χ1n) is 5.23. The van der Waals surface area contributed by atoms with E-state index in [9.17, 15) is 15.0 Å². The lowest BCUT2D eigenvalue weighted by Gasteiger charge is -2.17. The molecule has 0 aromatic heterocycles. The molecule has 0 radical (unpaired) electrons. The maximum Gasteiger partial charge on any atom is 0.159 e. The van der Waals surface area contributed by atoms with E-state index in [2.05, 4.69) is 0 Å². The molecule has 1 rings (SSSR count). The highest BCUT2D eigenvalue weighted by Crippen LogP contribution is 2.19. The van der Waals surface area contributed by atoms with Gasteiger partial charge in [0.2, 0.25) is 0 Å². The number of carbonyl (C=O) groups excluding carboxylic acids is 1. The van der Waals surface area contributed by atoms with Gasteiger partial charge in [-0.15, -0.1) is 0 Å². The van der Waals surface area contributed by atoms with Crippen LogP contribution in [0, 0.1) is 0 Å². The lowest BCUT2D eigenvalue weighted by molar-refractivity contribution is 0.0150. The molecule has 2 unspecified atom stereocenters. The molecule has 0 saturated heterocycles. The number of rotatable bonds is 5. The van der Waals surface area contributed by atoms with Gasteiger partial charge in [-0.1, -0.05) is 18.2 Å². The van der Waals surface area contributed by atoms with E-state index in [1.807, 2.05) is 0 Å². The van der Waals surface area contributed by atoms with Crippen molar-refractivity contribution in [1.29, 1.82) is 0 Å². The van der Waals surface area contributed by atoms with Crippen molar-refractivity contribution in [1.82, 2.24) is 0 Å². The first-order valence-corrected chi connectivity index (χ1v) is 5.23. The van der Waals surface area contributed by atoms with Gasteiger partial charge in [-0.25, -0.2) is 0 Å². The third-order valence-corrected chi connectivity index (χ3v) is 2.46. The Morgan fingerprint density at radius 2 is 2.12 bits per heavy atom. The van der Waals surface area contributed by atoms with Crippen molar-refractivity contribution in [2.24, 2.45) is 5.73 Å². The van der Waals surface area contributed by atoms with Crippen LogP contribution in [-0.2, 0) is 0 Å². The van der Waals surface area contributed by atoms with Gasteiger partial charge >= 0.3 is 0 Å². The standard InChI is InChI=1S/C12H17NO3/c1-8(14)9-3-2-4-10(7-9)12(16)11(15)5-6-13/h2-4,7,11-12,15-16H,5-6,13H2,1H3. The predicted molar refractivity (Wildman–Crippen MR) is 61.1 cm³/mol. The summed E-state index contributed by atoms with van der Waals surface area (Å²) < 4.78 is 0. The molecule has 0 aliphatic carbocycles. The summed E-state index contributed by atoms with van der Waals surface area (Å²) in [7, 11) is 0. The van der Waals surface area contributed by atoms with Crippen LogP contribution < -0.4 is 5.73 Å². The van der Waals surface area contributed by atoms with Gasteiger partial charge in [-0.3, -0.25) is 4.79 Å². The van der Waals surface area contributed by atoms with Crippen molar-refractivity contribution in [2.45, 2.75) is 25.6 Å². The average molecular weight is 223 g/mol. The maximum atomic E-state index is 11.2. The molecule has 0 fully saturated rings. The summed E-state index contributed by atoms with van der Waals surface area (Å²) in [6.07, 6.45) is -1.57. The van der Waals surface area contributed by atoms with Crippen LogP contribution >= 0.6 is 0 Å². The number of benzene rings is 1. The molecule has 4 nitrogen and oxygen atoms in total. The van der Waals surface area contributed by atoms with Gasteiger partial charge in [0.05, 0.1) is 6.10 Å². The van der Waals surface area contributed by atoms with Crippen LogP contribution in [0.15, 0.2) is 24.3 Å². The molecular weight excluding hydrogens is 206 g/mol. The first-order chi connectivity index (χ1) is 7.56. The summed E-state index contributed by atoms with van der Waals surface area (Å²) in [5, 5.41) is 19.4. The molecule has 0 spiro atoms. The third-order valence-electron chi connectivity index (χ3n) is 2.46. The van der Waals surface area contributed by atoms with Crippen molar-refractivity contribution in [3.05, 3.63) is 35.4 Å². The summed E-state index contributed by atoms with van der Waals surface area (Å²) in [6, 6.07) is 6.63. The Labute approximate surface area is 94.7 Å². The molecule has 0 bridgehead atoms. The van der Waals surface area contributed by atoms with Crippen LogP contribution in [0.2, 0.25) is 0 Å². The monoisotopic (exact) mass is 223 g/mol. The Balaban J connectivity index is 2.86. The Morgan fingerprint density at radius 3 is 2.69 bits per heavy atom. The van der Waals surface area contributed by atoms with Gasteiger partial charge in [-0.2, -0.15) is 0 Å². The van der Waals surface area contributed by atoms with Crippen molar-refractivity contribution >= 4 is 5.78 Å². The van der Waals surface area contributed by atoms with Gasteiger partial charge in [-0.05, 0) is 31.5 Å². The van der Waals surface area contributed by atoms with Crippen molar-refractivity contribution in [2.75, 3.05) is 6.54 Å². The van der Waals surface area contributed by atoms with Crippen LogP contribution in [0.25, 0.3) is 0 Å². The fourth-order valence-corrected chi connectivity index (χ4v) is 1.49. The molecule has 16 heavy (non-hydrogen) atoms. The zero-order valence-electron chi connectivity index (χ0n) is 9.26.